The molecule has 1 atom stereocenters. The molecule has 0 aromatic heterocycles. The second-order valence-electron chi connectivity index (χ2n) is 14.1. The summed E-state index contributed by atoms with van der Waals surface area (Å²) in [6.07, 6.45) is 3.36. The van der Waals surface area contributed by atoms with Gasteiger partial charge in [0.15, 0.2) is 33.3 Å². The van der Waals surface area contributed by atoms with Crippen LogP contribution >= 0.6 is 0 Å². The fraction of sp³-hybridized carbons (Fsp3) is 1.00. The molecule has 223 valence electrons. The first-order valence-corrected chi connectivity index (χ1v) is 31.7. The first kappa shape index (κ1) is 38.0. The predicted octanol–water partition coefficient (Wildman–Crippen LogP) is 6.91. The maximum Gasteiger partial charge on any atom is 0.362 e. The molecule has 0 aliphatic heterocycles. The Morgan fingerprint density at radius 1 is 0.568 bits per heavy atom. The Labute approximate surface area is 236 Å². The molecule has 1 unspecified atom stereocenters. The SMILES string of the molecule is C[Si](C)(C)O[Si](CCCCOCC(O)COCCCC[Si](C)(O[Si](C)(C)C)O[Si](C)(C)C)O[Si](C)(C)C. The fourth-order valence-corrected chi connectivity index (χ4v) is 23.8. The Morgan fingerprint density at radius 2 is 0.973 bits per heavy atom. The average molecular weight is 630 g/mol. The van der Waals surface area contributed by atoms with E-state index in [9.17, 15) is 5.11 Å². The number of rotatable bonds is 22. The lowest BCUT2D eigenvalue weighted by atomic mass is 10.3. The summed E-state index contributed by atoms with van der Waals surface area (Å²) < 4.78 is 37.2. The molecule has 0 bridgehead atoms. The van der Waals surface area contributed by atoms with E-state index < -0.39 is 57.2 Å². The van der Waals surface area contributed by atoms with E-state index in [1.807, 2.05) is 0 Å². The van der Waals surface area contributed by atoms with Crippen LogP contribution in [0.25, 0.3) is 0 Å². The molecule has 1 N–H and O–H groups in total. The van der Waals surface area contributed by atoms with Crippen LogP contribution in [0, 0.1) is 0 Å². The monoisotopic (exact) mass is 629 g/mol. The topological polar surface area (TPSA) is 75.6 Å². The minimum Gasteiger partial charge on any atom is -0.437 e. The van der Waals surface area contributed by atoms with E-state index in [0.717, 1.165) is 37.8 Å². The highest BCUT2D eigenvalue weighted by atomic mass is 28.5. The number of aliphatic hydroxyl groups excluding tert-OH is 1. The molecule has 0 aromatic rings. The summed E-state index contributed by atoms with van der Waals surface area (Å²) in [7, 11) is -9.92. The standard InChI is InChI=1S/C24H61O7Si6/c1-33(2,3)28-32(29-34(4,5)6)20-16-14-18-26-22-24(25)23-27-19-15-17-21-37(13,30-35(7,8)9)31-36(10,11)12/h24-25H,14-23H2,1-13H3. The summed E-state index contributed by atoms with van der Waals surface area (Å²) in [4.78, 5) is 0. The molecule has 0 heterocycles. The molecule has 0 aromatic carbocycles. The van der Waals surface area contributed by atoms with Gasteiger partial charge in [0.1, 0.15) is 6.10 Å². The number of hydrogen-bond donors (Lipinski definition) is 1. The van der Waals surface area contributed by atoms with E-state index in [1.165, 1.54) is 0 Å². The fourth-order valence-electron chi connectivity index (χ4n) is 3.83. The van der Waals surface area contributed by atoms with Crippen molar-refractivity contribution in [1.29, 1.82) is 0 Å². The summed E-state index contributed by atoms with van der Waals surface area (Å²) in [5, 5.41) is 10.2. The van der Waals surface area contributed by atoms with Crippen LogP contribution in [0.15, 0.2) is 0 Å². The van der Waals surface area contributed by atoms with E-state index in [2.05, 4.69) is 85.1 Å². The molecule has 0 aliphatic carbocycles. The van der Waals surface area contributed by atoms with Gasteiger partial charge in [0.25, 0.3) is 0 Å². The zero-order valence-electron chi connectivity index (χ0n) is 26.5. The number of ether oxygens (including phenoxy) is 2. The normalized spacial score (nSPS) is 15.0. The number of hydrogen-bond acceptors (Lipinski definition) is 7. The van der Waals surface area contributed by atoms with Crippen molar-refractivity contribution in [3.05, 3.63) is 0 Å². The summed E-state index contributed by atoms with van der Waals surface area (Å²) in [5.41, 5.74) is 0. The molecular weight excluding hydrogens is 569 g/mol. The van der Waals surface area contributed by atoms with Gasteiger partial charge in [-0.15, -0.1) is 0 Å². The molecule has 0 fully saturated rings. The summed E-state index contributed by atoms with van der Waals surface area (Å²) in [5.74, 6) is 0. The zero-order valence-corrected chi connectivity index (χ0v) is 32.5. The molecule has 0 saturated carbocycles. The molecule has 7 nitrogen and oxygen atoms in total. The van der Waals surface area contributed by atoms with Gasteiger partial charge in [0.2, 0.25) is 0 Å². The third-order valence-corrected chi connectivity index (χ3v) is 21.7. The van der Waals surface area contributed by atoms with Crippen molar-refractivity contribution in [2.24, 2.45) is 0 Å². The van der Waals surface area contributed by atoms with E-state index in [-0.39, 0.29) is 0 Å². The van der Waals surface area contributed by atoms with Crippen LogP contribution < -0.4 is 0 Å². The van der Waals surface area contributed by atoms with Crippen molar-refractivity contribution >= 4 is 51.1 Å². The Bertz CT molecular complexity index is 568. The average Bonchev–Trinajstić information content (AvgIpc) is 2.61. The van der Waals surface area contributed by atoms with Crippen molar-refractivity contribution < 1.29 is 31.0 Å². The van der Waals surface area contributed by atoms with Crippen molar-refractivity contribution in [2.75, 3.05) is 26.4 Å². The van der Waals surface area contributed by atoms with Gasteiger partial charge >= 0.3 is 17.8 Å². The van der Waals surface area contributed by atoms with Crippen LogP contribution in [0.3, 0.4) is 0 Å². The number of unbranched alkanes of at least 4 members (excludes halogenated alkanes) is 2. The second-order valence-corrected chi connectivity index (χ2v) is 38.3. The molecule has 13 heteroatoms. The molecule has 0 saturated heterocycles. The van der Waals surface area contributed by atoms with Crippen LogP contribution in [-0.4, -0.2) is 88.8 Å². The lowest BCUT2D eigenvalue weighted by molar-refractivity contribution is -0.0197. The van der Waals surface area contributed by atoms with Crippen molar-refractivity contribution in [3.63, 3.8) is 0 Å². The van der Waals surface area contributed by atoms with Gasteiger partial charge in [0, 0.05) is 13.2 Å². The second kappa shape index (κ2) is 17.1. The van der Waals surface area contributed by atoms with Gasteiger partial charge in [-0.05, 0) is 123 Å². The van der Waals surface area contributed by atoms with E-state index in [4.69, 9.17) is 25.9 Å². The molecule has 0 aliphatic rings. The highest BCUT2D eigenvalue weighted by Gasteiger charge is 2.39. The predicted molar refractivity (Wildman–Crippen MR) is 171 cm³/mol. The number of aliphatic hydroxyl groups is 1. The van der Waals surface area contributed by atoms with E-state index >= 15 is 0 Å². The largest absolute Gasteiger partial charge is 0.437 e. The van der Waals surface area contributed by atoms with Crippen molar-refractivity contribution in [1.82, 2.24) is 0 Å². The zero-order chi connectivity index (χ0) is 29.0. The lowest BCUT2D eigenvalue weighted by Crippen LogP contribution is -2.52. The van der Waals surface area contributed by atoms with Gasteiger partial charge in [-0.1, -0.05) is 0 Å². The Morgan fingerprint density at radius 3 is 1.35 bits per heavy atom. The molecular formula is C24H61O7Si6. The van der Waals surface area contributed by atoms with Gasteiger partial charge in [-0.2, -0.15) is 0 Å². The summed E-state index contributed by atoms with van der Waals surface area (Å²) >= 11 is 0. The third-order valence-electron chi connectivity index (χ3n) is 4.59. The van der Waals surface area contributed by atoms with Crippen LogP contribution in [0.5, 0.6) is 0 Å². The van der Waals surface area contributed by atoms with Crippen LogP contribution in [-0.2, 0) is 25.9 Å². The molecule has 0 rings (SSSR count). The van der Waals surface area contributed by atoms with Gasteiger partial charge < -0.3 is 31.0 Å². The molecule has 1 radical (unpaired) electrons. The molecule has 37 heavy (non-hydrogen) atoms. The van der Waals surface area contributed by atoms with E-state index in [1.54, 1.807) is 0 Å². The maximum atomic E-state index is 10.2. The first-order valence-electron chi connectivity index (χ1n) is 14.1. The minimum absolute atomic E-state index is 0.312. The molecule has 0 spiro atoms. The quantitative estimate of drug-likeness (QED) is 0.103. The minimum atomic E-state index is -2.17. The third kappa shape index (κ3) is 25.7. The Hall–Kier alpha value is 1.02. The summed E-state index contributed by atoms with van der Waals surface area (Å²) in [6.45, 7) is 30.9. The van der Waals surface area contributed by atoms with Crippen LogP contribution in [0.4, 0.5) is 0 Å². The smallest absolute Gasteiger partial charge is 0.362 e. The van der Waals surface area contributed by atoms with E-state index in [0.29, 0.717) is 26.4 Å². The highest BCUT2D eigenvalue weighted by Crippen LogP contribution is 2.26. The molecule has 0 amide bonds. The lowest BCUT2D eigenvalue weighted by Gasteiger charge is -2.38. The van der Waals surface area contributed by atoms with Gasteiger partial charge in [0.05, 0.1) is 13.2 Å². The Kier molecular flexibility index (Phi) is 17.6. The highest BCUT2D eigenvalue weighted by molar-refractivity contribution is 6.87. The first-order chi connectivity index (χ1) is 16.6. The van der Waals surface area contributed by atoms with Crippen LogP contribution in [0.2, 0.25) is 97.2 Å². The summed E-state index contributed by atoms with van der Waals surface area (Å²) in [6, 6.07) is 1.98. The Balaban J connectivity index is 4.09. The van der Waals surface area contributed by atoms with Gasteiger partial charge in [-0.3, -0.25) is 0 Å². The van der Waals surface area contributed by atoms with Crippen LogP contribution in [0.1, 0.15) is 25.7 Å². The van der Waals surface area contributed by atoms with Crippen molar-refractivity contribution in [3.8, 4) is 0 Å². The van der Waals surface area contributed by atoms with Crippen molar-refractivity contribution in [2.45, 2.75) is 129 Å². The maximum absolute atomic E-state index is 10.2. The van der Waals surface area contributed by atoms with Gasteiger partial charge in [-0.25, -0.2) is 0 Å².